The fourth-order valence-corrected chi connectivity index (χ4v) is 5.07. The van der Waals surface area contributed by atoms with E-state index in [2.05, 4.69) is 19.9 Å². The Kier molecular flexibility index (Phi) is 7.83. The summed E-state index contributed by atoms with van der Waals surface area (Å²) < 4.78 is 45.7. The lowest BCUT2D eigenvalue weighted by Gasteiger charge is -2.27. The Labute approximate surface area is 232 Å². The number of alkyl halides is 3. The summed E-state index contributed by atoms with van der Waals surface area (Å²) >= 11 is 11.9. The van der Waals surface area contributed by atoms with E-state index >= 15 is 0 Å². The molecule has 2 aromatic carbocycles. The van der Waals surface area contributed by atoms with E-state index in [0.717, 1.165) is 11.1 Å². The van der Waals surface area contributed by atoms with Crippen molar-refractivity contribution in [2.24, 2.45) is 0 Å². The smallest absolute Gasteiger partial charge is 0.405 e. The van der Waals surface area contributed by atoms with Crippen molar-refractivity contribution in [1.82, 2.24) is 19.8 Å². The molecule has 0 saturated heterocycles. The van der Waals surface area contributed by atoms with Crippen molar-refractivity contribution in [2.75, 3.05) is 13.1 Å². The van der Waals surface area contributed by atoms with Crippen molar-refractivity contribution >= 4 is 46.2 Å². The topological polar surface area (TPSA) is 59.4 Å². The van der Waals surface area contributed by atoms with Crippen molar-refractivity contribution in [2.45, 2.75) is 25.9 Å². The zero-order valence-electron chi connectivity index (χ0n) is 20.5. The summed E-state index contributed by atoms with van der Waals surface area (Å²) in [4.78, 5) is 19.4. The van der Waals surface area contributed by atoms with Gasteiger partial charge in [-0.05, 0) is 53.1 Å². The molecule has 1 aliphatic rings. The Hall–Kier alpha value is -3.53. The Morgan fingerprint density at radius 2 is 1.92 bits per heavy atom. The van der Waals surface area contributed by atoms with Crippen LogP contribution in [0.3, 0.4) is 0 Å². The molecular formula is C28H23Cl2F3N4O2. The minimum absolute atomic E-state index is 0.176. The van der Waals surface area contributed by atoms with E-state index in [1.807, 2.05) is 24.3 Å². The number of carbonyl (C=O) groups is 1. The largest absolute Gasteiger partial charge is 0.573 e. The number of aromatic nitrogens is 2. The van der Waals surface area contributed by atoms with Gasteiger partial charge in [0.05, 0.1) is 5.52 Å². The van der Waals surface area contributed by atoms with E-state index in [9.17, 15) is 18.0 Å². The Morgan fingerprint density at radius 3 is 2.67 bits per heavy atom. The first-order chi connectivity index (χ1) is 18.7. The first-order valence-corrected chi connectivity index (χ1v) is 12.9. The molecule has 4 aromatic rings. The minimum atomic E-state index is -4.87. The van der Waals surface area contributed by atoms with Crippen LogP contribution in [0.4, 0.5) is 18.0 Å². The number of hydrogen-bond donors (Lipinski definition) is 1. The monoisotopic (exact) mass is 574 g/mol. The highest BCUT2D eigenvalue weighted by molar-refractivity contribution is 6.30. The van der Waals surface area contributed by atoms with Crippen LogP contribution in [-0.2, 0) is 19.5 Å². The average Bonchev–Trinajstić information content (AvgIpc) is 3.22. The van der Waals surface area contributed by atoms with Gasteiger partial charge in [-0.1, -0.05) is 53.6 Å². The lowest BCUT2D eigenvalue weighted by Crippen LogP contribution is -2.34. The van der Waals surface area contributed by atoms with Gasteiger partial charge >= 0.3 is 12.4 Å². The van der Waals surface area contributed by atoms with Gasteiger partial charge in [0, 0.05) is 54.9 Å². The lowest BCUT2D eigenvalue weighted by atomic mass is 10.0. The maximum Gasteiger partial charge on any atom is 0.573 e. The molecule has 3 heterocycles. The number of nitrogens with one attached hydrogen (secondary N) is 1. The van der Waals surface area contributed by atoms with Gasteiger partial charge in [0.25, 0.3) is 0 Å². The van der Waals surface area contributed by atoms with Gasteiger partial charge in [-0.25, -0.2) is 9.78 Å². The van der Waals surface area contributed by atoms with E-state index < -0.39 is 12.4 Å². The van der Waals surface area contributed by atoms with E-state index in [4.69, 9.17) is 23.2 Å². The molecule has 5 rings (SSSR count). The molecule has 202 valence electrons. The molecule has 0 saturated carbocycles. The maximum atomic E-state index is 13.4. The molecule has 0 atom stereocenters. The van der Waals surface area contributed by atoms with Crippen LogP contribution in [0.2, 0.25) is 10.2 Å². The Balaban J connectivity index is 1.45. The van der Waals surface area contributed by atoms with Crippen LogP contribution in [0, 0.1) is 0 Å². The van der Waals surface area contributed by atoms with Crippen LogP contribution >= 0.6 is 23.2 Å². The summed E-state index contributed by atoms with van der Waals surface area (Å²) in [5.74, 6) is -0.331. The van der Waals surface area contributed by atoms with Crippen LogP contribution in [0.5, 0.6) is 5.75 Å². The zero-order chi connectivity index (χ0) is 27.6. The first kappa shape index (κ1) is 27.1. The summed E-state index contributed by atoms with van der Waals surface area (Å²) in [5.41, 5.74) is 3.38. The third kappa shape index (κ3) is 6.38. The average molecular weight is 575 g/mol. The number of benzene rings is 2. The number of pyridine rings is 1. The minimum Gasteiger partial charge on any atom is -0.405 e. The first-order valence-electron chi connectivity index (χ1n) is 12.1. The van der Waals surface area contributed by atoms with Crippen molar-refractivity contribution < 1.29 is 22.7 Å². The van der Waals surface area contributed by atoms with Gasteiger partial charge in [-0.2, -0.15) is 0 Å². The zero-order valence-corrected chi connectivity index (χ0v) is 22.0. The predicted octanol–water partition coefficient (Wildman–Crippen LogP) is 7.07. The molecule has 11 heteroatoms. The van der Waals surface area contributed by atoms with E-state index in [-0.39, 0.29) is 17.7 Å². The van der Waals surface area contributed by atoms with Gasteiger partial charge in [0.2, 0.25) is 0 Å². The van der Waals surface area contributed by atoms with Gasteiger partial charge in [-0.3, -0.25) is 9.47 Å². The molecule has 0 aliphatic carbocycles. The van der Waals surface area contributed by atoms with Crippen LogP contribution in [0.25, 0.3) is 17.0 Å². The molecule has 0 fully saturated rings. The van der Waals surface area contributed by atoms with Crippen molar-refractivity contribution in [1.29, 1.82) is 0 Å². The summed E-state index contributed by atoms with van der Waals surface area (Å²) in [6, 6.07) is 14.7. The fourth-order valence-electron chi connectivity index (χ4n) is 4.75. The molecule has 0 bridgehead atoms. The van der Waals surface area contributed by atoms with Crippen LogP contribution in [0.1, 0.15) is 22.4 Å². The second-order valence-electron chi connectivity index (χ2n) is 9.04. The molecule has 6 nitrogen and oxygen atoms in total. The predicted molar refractivity (Wildman–Crippen MR) is 145 cm³/mol. The number of amides is 1. The standard InChI is InChI=1S/C28H23Cl2F3N4O2/c29-20-8-6-18(7-9-20)3-2-13-36-14-11-22-21(17-36)26-23(4-1-5-24(26)39-28(31,32)33)37(22)27(38)35-16-19-10-12-34-25(30)15-19/h1-10,12,15H,11,13-14,16-17H2,(H,35,38). The molecule has 1 aliphatic heterocycles. The molecule has 1 amide bonds. The third-order valence-electron chi connectivity index (χ3n) is 6.42. The molecule has 39 heavy (non-hydrogen) atoms. The Morgan fingerprint density at radius 1 is 1.13 bits per heavy atom. The molecule has 1 N–H and O–H groups in total. The van der Waals surface area contributed by atoms with Crippen molar-refractivity contribution in [3.05, 3.63) is 99.4 Å². The normalized spacial score (nSPS) is 14.1. The van der Waals surface area contributed by atoms with Crippen LogP contribution < -0.4 is 10.1 Å². The molecule has 0 radical (unpaired) electrons. The van der Waals surface area contributed by atoms with E-state index in [0.29, 0.717) is 53.0 Å². The van der Waals surface area contributed by atoms with E-state index in [1.54, 1.807) is 30.3 Å². The van der Waals surface area contributed by atoms with Crippen molar-refractivity contribution in [3.63, 3.8) is 0 Å². The quantitative estimate of drug-likeness (QED) is 0.250. The fraction of sp³-hybridized carbons (Fsp3) is 0.214. The summed E-state index contributed by atoms with van der Waals surface area (Å²) in [5, 5.41) is 4.07. The number of hydrogen-bond acceptors (Lipinski definition) is 4. The highest BCUT2D eigenvalue weighted by atomic mass is 35.5. The Bertz CT molecular complexity index is 1530. The maximum absolute atomic E-state index is 13.4. The van der Waals surface area contributed by atoms with Crippen LogP contribution in [-0.4, -0.2) is 39.9 Å². The van der Waals surface area contributed by atoms with E-state index in [1.165, 1.54) is 22.9 Å². The molecule has 2 aromatic heterocycles. The third-order valence-corrected chi connectivity index (χ3v) is 6.88. The highest BCUT2D eigenvalue weighted by Gasteiger charge is 2.34. The number of nitrogens with zero attached hydrogens (tertiary/aromatic N) is 3. The number of rotatable bonds is 6. The van der Waals surface area contributed by atoms with Gasteiger partial charge < -0.3 is 10.1 Å². The second-order valence-corrected chi connectivity index (χ2v) is 9.87. The van der Waals surface area contributed by atoms with Gasteiger partial charge in [0.1, 0.15) is 10.9 Å². The lowest BCUT2D eigenvalue weighted by molar-refractivity contribution is -0.274. The van der Waals surface area contributed by atoms with Crippen molar-refractivity contribution in [3.8, 4) is 5.75 Å². The van der Waals surface area contributed by atoms with Crippen LogP contribution in [0.15, 0.2) is 66.9 Å². The summed E-state index contributed by atoms with van der Waals surface area (Å²) in [6.07, 6.45) is 1.09. The molecular weight excluding hydrogens is 552 g/mol. The number of ether oxygens (including phenoxy) is 1. The number of fused-ring (bicyclic) bond motifs is 3. The highest BCUT2D eigenvalue weighted by Crippen LogP contribution is 2.38. The SMILES string of the molecule is O=C(NCc1ccnc(Cl)c1)n1c2c(c3c(OC(F)(F)F)cccc31)CN(CC=Cc1ccc(Cl)cc1)CC2. The second kappa shape index (κ2) is 11.3. The van der Waals surface area contributed by atoms with Gasteiger partial charge in [-0.15, -0.1) is 13.2 Å². The van der Waals surface area contributed by atoms with Gasteiger partial charge in [0.15, 0.2) is 0 Å². The molecule has 0 spiro atoms. The summed E-state index contributed by atoms with van der Waals surface area (Å²) in [6.45, 7) is 1.73. The molecule has 0 unspecified atom stereocenters. The number of halogens is 5. The summed E-state index contributed by atoms with van der Waals surface area (Å²) in [7, 11) is 0. The number of carbonyl (C=O) groups excluding carboxylic acids is 1.